The van der Waals surface area contributed by atoms with Gasteiger partial charge < -0.3 is 19.7 Å². The van der Waals surface area contributed by atoms with Crippen LogP contribution in [0.15, 0.2) is 36.4 Å². The van der Waals surface area contributed by atoms with Crippen LogP contribution < -0.4 is 9.47 Å². The fraction of sp³-hybridized carbons (Fsp3) is 0.500. The lowest BCUT2D eigenvalue weighted by atomic mass is 9.67. The van der Waals surface area contributed by atoms with Crippen molar-refractivity contribution >= 4 is 23.2 Å². The molecule has 1 aliphatic rings. The zero-order valence-electron chi connectivity index (χ0n) is 17.2. The smallest absolute Gasteiger partial charge is 0.138 e. The van der Waals surface area contributed by atoms with Gasteiger partial charge in [-0.2, -0.15) is 0 Å². The first-order chi connectivity index (χ1) is 14.6. The van der Waals surface area contributed by atoms with Gasteiger partial charge in [0.25, 0.3) is 0 Å². The van der Waals surface area contributed by atoms with Crippen molar-refractivity contribution in [3.05, 3.63) is 57.6 Å². The number of ether oxygens (including phenoxy) is 2. The van der Waals surface area contributed by atoms with E-state index in [1.54, 1.807) is 0 Å². The summed E-state index contributed by atoms with van der Waals surface area (Å²) in [7, 11) is 0. The van der Waals surface area contributed by atoms with E-state index in [9.17, 15) is 0 Å². The van der Waals surface area contributed by atoms with Crippen LogP contribution >= 0.6 is 23.2 Å². The van der Waals surface area contributed by atoms with Crippen LogP contribution in [-0.4, -0.2) is 36.6 Å². The molecule has 0 aromatic heterocycles. The summed E-state index contributed by atoms with van der Waals surface area (Å²) in [6.45, 7) is 0.334. The standard InChI is InChI=1S/C24H30Cl2O4/c25-20-16-18(6-8-22(20)29-14-12-27)24(10-4-2-1-3-5-11-24)19-7-9-23(21(26)17-19)30-15-13-28/h6-9,16-17,27-28H,1-5,10-15H2. The van der Waals surface area contributed by atoms with Crippen LogP contribution in [0.25, 0.3) is 0 Å². The van der Waals surface area contributed by atoms with Gasteiger partial charge in [-0.25, -0.2) is 0 Å². The van der Waals surface area contributed by atoms with E-state index in [1.165, 1.54) is 19.3 Å². The predicted octanol–water partition coefficient (Wildman–Crippen LogP) is 5.77. The normalized spacial score (nSPS) is 16.5. The van der Waals surface area contributed by atoms with E-state index in [1.807, 2.05) is 24.3 Å². The van der Waals surface area contributed by atoms with Crippen molar-refractivity contribution in [3.8, 4) is 11.5 Å². The lowest BCUT2D eigenvalue weighted by Crippen LogP contribution is -2.29. The van der Waals surface area contributed by atoms with E-state index in [0.29, 0.717) is 21.5 Å². The fourth-order valence-electron chi connectivity index (χ4n) is 4.40. The molecule has 164 valence electrons. The number of hydrogen-bond acceptors (Lipinski definition) is 4. The lowest BCUT2D eigenvalue weighted by Gasteiger charge is -2.37. The highest BCUT2D eigenvalue weighted by atomic mass is 35.5. The molecule has 1 saturated carbocycles. The SMILES string of the molecule is OCCOc1ccc(C2(c3ccc(OCCO)c(Cl)c3)CCCCCCC2)cc1Cl. The summed E-state index contributed by atoms with van der Waals surface area (Å²) in [5.74, 6) is 1.17. The Balaban J connectivity index is 2.01. The number of aliphatic hydroxyl groups excluding tert-OH is 2. The minimum Gasteiger partial charge on any atom is -0.490 e. The highest BCUT2D eigenvalue weighted by Gasteiger charge is 2.35. The Hall–Kier alpha value is -1.46. The van der Waals surface area contributed by atoms with Gasteiger partial charge in [-0.15, -0.1) is 0 Å². The van der Waals surface area contributed by atoms with Crippen LogP contribution in [0.5, 0.6) is 11.5 Å². The van der Waals surface area contributed by atoms with Gasteiger partial charge in [-0.3, -0.25) is 0 Å². The molecule has 2 N–H and O–H groups in total. The third-order valence-corrected chi connectivity index (χ3v) is 6.46. The van der Waals surface area contributed by atoms with E-state index in [4.69, 9.17) is 42.9 Å². The third-order valence-electron chi connectivity index (χ3n) is 5.87. The number of rotatable bonds is 8. The summed E-state index contributed by atoms with van der Waals surface area (Å²) in [6, 6.07) is 12.0. The van der Waals surface area contributed by atoms with Gasteiger partial charge >= 0.3 is 0 Å². The van der Waals surface area contributed by atoms with Gasteiger partial charge in [-0.1, -0.05) is 67.4 Å². The Labute approximate surface area is 188 Å². The molecule has 3 rings (SSSR count). The monoisotopic (exact) mass is 452 g/mol. The molecule has 2 aromatic rings. The Morgan fingerprint density at radius 1 is 0.700 bits per heavy atom. The van der Waals surface area contributed by atoms with Gasteiger partial charge in [0.05, 0.1) is 23.3 Å². The quantitative estimate of drug-likeness (QED) is 0.533. The molecule has 6 heteroatoms. The average molecular weight is 453 g/mol. The predicted molar refractivity (Wildman–Crippen MR) is 121 cm³/mol. The summed E-state index contributed by atoms with van der Waals surface area (Å²) in [5.41, 5.74) is 2.13. The van der Waals surface area contributed by atoms with Gasteiger partial charge in [0.15, 0.2) is 0 Å². The van der Waals surface area contributed by atoms with Gasteiger partial charge in [0.2, 0.25) is 0 Å². The van der Waals surface area contributed by atoms with Crippen molar-refractivity contribution in [1.29, 1.82) is 0 Å². The number of halogens is 2. The summed E-state index contributed by atoms with van der Waals surface area (Å²) in [6.07, 6.45) is 8.04. The van der Waals surface area contributed by atoms with E-state index in [2.05, 4.69) is 12.1 Å². The van der Waals surface area contributed by atoms with Crippen LogP contribution in [0.1, 0.15) is 56.1 Å². The molecule has 1 fully saturated rings. The van der Waals surface area contributed by atoms with E-state index >= 15 is 0 Å². The van der Waals surface area contributed by atoms with Gasteiger partial charge in [-0.05, 0) is 48.2 Å². The number of aliphatic hydroxyl groups is 2. The number of hydrogen-bond donors (Lipinski definition) is 2. The van der Waals surface area contributed by atoms with Crippen LogP contribution in [0, 0.1) is 0 Å². The first-order valence-electron chi connectivity index (χ1n) is 10.7. The van der Waals surface area contributed by atoms with Gasteiger partial charge in [0, 0.05) is 5.41 Å². The topological polar surface area (TPSA) is 58.9 Å². The van der Waals surface area contributed by atoms with Crippen LogP contribution in [0.3, 0.4) is 0 Å². The van der Waals surface area contributed by atoms with Crippen molar-refractivity contribution in [2.45, 2.75) is 50.4 Å². The Kier molecular flexibility index (Phi) is 8.70. The minimum atomic E-state index is -0.182. The van der Waals surface area contributed by atoms with Gasteiger partial charge in [0.1, 0.15) is 24.7 Å². The number of benzene rings is 2. The van der Waals surface area contributed by atoms with Crippen LogP contribution in [-0.2, 0) is 5.41 Å². The van der Waals surface area contributed by atoms with Crippen molar-refractivity contribution in [3.63, 3.8) is 0 Å². The largest absolute Gasteiger partial charge is 0.490 e. The molecule has 0 radical (unpaired) electrons. The minimum absolute atomic E-state index is 0.0504. The average Bonchev–Trinajstić information content (AvgIpc) is 2.72. The summed E-state index contributed by atoms with van der Waals surface area (Å²) < 4.78 is 11.1. The molecule has 0 unspecified atom stereocenters. The molecule has 2 aromatic carbocycles. The molecule has 30 heavy (non-hydrogen) atoms. The second kappa shape index (κ2) is 11.2. The maximum absolute atomic E-state index is 9.02. The summed E-state index contributed by atoms with van der Waals surface area (Å²) in [4.78, 5) is 0. The molecular weight excluding hydrogens is 423 g/mol. The van der Waals surface area contributed by atoms with Crippen LogP contribution in [0.2, 0.25) is 10.0 Å². The van der Waals surface area contributed by atoms with Crippen molar-refractivity contribution in [2.24, 2.45) is 0 Å². The molecule has 1 aliphatic carbocycles. The molecule has 0 atom stereocenters. The van der Waals surface area contributed by atoms with E-state index < -0.39 is 0 Å². The van der Waals surface area contributed by atoms with Crippen molar-refractivity contribution in [2.75, 3.05) is 26.4 Å². The second-order valence-electron chi connectivity index (χ2n) is 7.78. The van der Waals surface area contributed by atoms with E-state index in [-0.39, 0.29) is 31.8 Å². The van der Waals surface area contributed by atoms with Crippen LogP contribution in [0.4, 0.5) is 0 Å². The third kappa shape index (κ3) is 5.42. The Morgan fingerprint density at radius 3 is 1.53 bits per heavy atom. The molecule has 0 bridgehead atoms. The summed E-state index contributed by atoms with van der Waals surface area (Å²) >= 11 is 13.1. The maximum Gasteiger partial charge on any atom is 0.138 e. The molecule has 0 spiro atoms. The lowest BCUT2D eigenvalue weighted by molar-refractivity contribution is 0.201. The van der Waals surface area contributed by atoms with E-state index in [0.717, 1.165) is 36.8 Å². The summed E-state index contributed by atoms with van der Waals surface area (Å²) in [5, 5.41) is 19.1. The van der Waals surface area contributed by atoms with Crippen molar-refractivity contribution in [1.82, 2.24) is 0 Å². The Bertz CT molecular complexity index is 757. The first-order valence-corrected chi connectivity index (χ1v) is 11.4. The first kappa shape index (κ1) is 23.2. The highest BCUT2D eigenvalue weighted by molar-refractivity contribution is 6.32. The molecule has 0 heterocycles. The molecule has 0 aliphatic heterocycles. The molecule has 4 nitrogen and oxygen atoms in total. The zero-order valence-corrected chi connectivity index (χ0v) is 18.7. The Morgan fingerprint density at radius 2 is 1.13 bits per heavy atom. The molecule has 0 saturated heterocycles. The fourth-order valence-corrected chi connectivity index (χ4v) is 4.87. The van der Waals surface area contributed by atoms with Crippen molar-refractivity contribution < 1.29 is 19.7 Å². The molecular formula is C24H30Cl2O4. The molecule has 0 amide bonds. The maximum atomic E-state index is 9.02. The second-order valence-corrected chi connectivity index (χ2v) is 8.60. The zero-order chi connectivity index (χ0) is 21.4. The highest BCUT2D eigenvalue weighted by Crippen LogP contribution is 2.46.